The minimum Gasteiger partial charge on any atom is -0.0654 e. The highest BCUT2D eigenvalue weighted by Crippen LogP contribution is 2.55. The molecule has 0 aromatic carbocycles. The lowest BCUT2D eigenvalue weighted by Crippen LogP contribution is -2.36. The van der Waals surface area contributed by atoms with Gasteiger partial charge in [-0.05, 0) is 55.8 Å². The number of hydrogen-bond donors (Lipinski definition) is 0. The SMILES string of the molecule is CCCCCCCCCC(CCC)(C1CCCC1)C1CCCC1. The van der Waals surface area contributed by atoms with Crippen LogP contribution in [-0.4, -0.2) is 0 Å². The second-order valence-corrected chi connectivity index (χ2v) is 8.82. The van der Waals surface area contributed by atoms with E-state index in [0.29, 0.717) is 0 Å². The van der Waals surface area contributed by atoms with Crippen molar-refractivity contribution in [2.24, 2.45) is 17.3 Å². The topological polar surface area (TPSA) is 0 Å². The summed E-state index contributed by atoms with van der Waals surface area (Å²) < 4.78 is 0. The van der Waals surface area contributed by atoms with Crippen molar-refractivity contribution in [3.63, 3.8) is 0 Å². The molecule has 23 heavy (non-hydrogen) atoms. The van der Waals surface area contributed by atoms with Crippen molar-refractivity contribution < 1.29 is 0 Å². The fourth-order valence-electron chi connectivity index (χ4n) is 6.15. The van der Waals surface area contributed by atoms with Crippen molar-refractivity contribution in [1.29, 1.82) is 0 Å². The van der Waals surface area contributed by atoms with Gasteiger partial charge in [0.1, 0.15) is 0 Å². The summed E-state index contributed by atoms with van der Waals surface area (Å²) in [6.45, 7) is 4.77. The standard InChI is InChI=1S/C23H44/c1-3-5-6-7-8-9-14-20-23(19-4-2,21-15-10-11-16-21)22-17-12-13-18-22/h21-22H,3-20H2,1-2H3. The van der Waals surface area contributed by atoms with E-state index in [0.717, 1.165) is 17.3 Å². The Kier molecular flexibility index (Phi) is 9.06. The van der Waals surface area contributed by atoms with E-state index in [1.807, 2.05) is 0 Å². The molecule has 0 nitrogen and oxygen atoms in total. The van der Waals surface area contributed by atoms with Crippen LogP contribution in [-0.2, 0) is 0 Å². The first-order valence-corrected chi connectivity index (χ1v) is 11.3. The first kappa shape index (κ1) is 19.3. The van der Waals surface area contributed by atoms with Gasteiger partial charge in [-0.3, -0.25) is 0 Å². The molecule has 2 rings (SSSR count). The van der Waals surface area contributed by atoms with Crippen LogP contribution in [0.3, 0.4) is 0 Å². The molecule has 0 heteroatoms. The Morgan fingerprint density at radius 1 is 0.565 bits per heavy atom. The van der Waals surface area contributed by atoms with Gasteiger partial charge in [0.25, 0.3) is 0 Å². The maximum atomic E-state index is 2.45. The number of unbranched alkanes of at least 4 members (excludes halogenated alkanes) is 6. The van der Waals surface area contributed by atoms with E-state index in [4.69, 9.17) is 0 Å². The molecule has 0 aromatic heterocycles. The van der Waals surface area contributed by atoms with Crippen molar-refractivity contribution in [2.75, 3.05) is 0 Å². The van der Waals surface area contributed by atoms with Crippen molar-refractivity contribution in [3.05, 3.63) is 0 Å². The minimum atomic E-state index is 0.755. The molecular weight excluding hydrogens is 276 g/mol. The zero-order chi connectivity index (χ0) is 16.4. The Bertz CT molecular complexity index is 264. The fraction of sp³-hybridized carbons (Fsp3) is 1.00. The molecule has 0 spiro atoms. The summed E-state index contributed by atoms with van der Waals surface area (Å²) in [5.41, 5.74) is 0.755. The highest BCUT2D eigenvalue weighted by Gasteiger charge is 2.45. The lowest BCUT2D eigenvalue weighted by molar-refractivity contribution is 0.0469. The van der Waals surface area contributed by atoms with Gasteiger partial charge < -0.3 is 0 Å². The summed E-state index contributed by atoms with van der Waals surface area (Å²) in [7, 11) is 0. The number of hydrogen-bond acceptors (Lipinski definition) is 0. The Morgan fingerprint density at radius 3 is 1.52 bits per heavy atom. The maximum absolute atomic E-state index is 2.45. The van der Waals surface area contributed by atoms with E-state index in [-0.39, 0.29) is 0 Å². The van der Waals surface area contributed by atoms with Crippen LogP contribution < -0.4 is 0 Å². The molecule has 0 aliphatic heterocycles. The van der Waals surface area contributed by atoms with Crippen LogP contribution in [0.25, 0.3) is 0 Å². The van der Waals surface area contributed by atoms with Gasteiger partial charge in [0.05, 0.1) is 0 Å². The van der Waals surface area contributed by atoms with Gasteiger partial charge in [-0.25, -0.2) is 0 Å². The second kappa shape index (κ2) is 10.8. The van der Waals surface area contributed by atoms with Crippen LogP contribution in [0.15, 0.2) is 0 Å². The van der Waals surface area contributed by atoms with Crippen molar-refractivity contribution >= 4 is 0 Å². The Balaban J connectivity index is 1.86. The van der Waals surface area contributed by atoms with E-state index >= 15 is 0 Å². The molecule has 0 amide bonds. The third kappa shape index (κ3) is 5.50. The van der Waals surface area contributed by atoms with E-state index in [1.54, 1.807) is 32.1 Å². The molecular formula is C23H44. The molecule has 0 N–H and O–H groups in total. The summed E-state index contributed by atoms with van der Waals surface area (Å²) in [5, 5.41) is 0. The largest absolute Gasteiger partial charge is 0.0654 e. The highest BCUT2D eigenvalue weighted by molar-refractivity contribution is 4.95. The van der Waals surface area contributed by atoms with Crippen LogP contribution in [0, 0.1) is 17.3 Å². The maximum Gasteiger partial charge on any atom is -0.0241 e. The van der Waals surface area contributed by atoms with Gasteiger partial charge in [0.2, 0.25) is 0 Å². The third-order valence-corrected chi connectivity index (χ3v) is 7.30. The molecule has 0 unspecified atom stereocenters. The van der Waals surface area contributed by atoms with Crippen LogP contribution in [0.5, 0.6) is 0 Å². The average molecular weight is 321 g/mol. The van der Waals surface area contributed by atoms with Crippen LogP contribution in [0.2, 0.25) is 0 Å². The van der Waals surface area contributed by atoms with Crippen LogP contribution >= 0.6 is 0 Å². The van der Waals surface area contributed by atoms with E-state index in [1.165, 1.54) is 83.5 Å². The molecule has 136 valence electrons. The van der Waals surface area contributed by atoms with Gasteiger partial charge in [-0.1, -0.05) is 90.9 Å². The number of rotatable bonds is 12. The van der Waals surface area contributed by atoms with E-state index in [2.05, 4.69) is 13.8 Å². The Hall–Kier alpha value is 0. The van der Waals surface area contributed by atoms with Crippen molar-refractivity contribution in [2.45, 2.75) is 129 Å². The van der Waals surface area contributed by atoms with Gasteiger partial charge >= 0.3 is 0 Å². The van der Waals surface area contributed by atoms with E-state index < -0.39 is 0 Å². The van der Waals surface area contributed by atoms with E-state index in [9.17, 15) is 0 Å². The summed E-state index contributed by atoms with van der Waals surface area (Å²) >= 11 is 0. The minimum absolute atomic E-state index is 0.755. The molecule has 0 saturated heterocycles. The predicted molar refractivity (Wildman–Crippen MR) is 104 cm³/mol. The second-order valence-electron chi connectivity index (χ2n) is 8.82. The monoisotopic (exact) mass is 320 g/mol. The molecule has 0 bridgehead atoms. The van der Waals surface area contributed by atoms with Gasteiger partial charge in [0, 0.05) is 0 Å². The molecule has 0 atom stereocenters. The molecule has 0 radical (unpaired) electrons. The first-order chi connectivity index (χ1) is 11.3. The third-order valence-electron chi connectivity index (χ3n) is 7.30. The van der Waals surface area contributed by atoms with Crippen LogP contribution in [0.4, 0.5) is 0 Å². The Morgan fingerprint density at radius 2 is 1.04 bits per heavy atom. The van der Waals surface area contributed by atoms with Crippen molar-refractivity contribution in [3.8, 4) is 0 Å². The molecule has 0 heterocycles. The summed E-state index contributed by atoms with van der Waals surface area (Å²) in [6.07, 6.45) is 27.2. The molecule has 0 aromatic rings. The zero-order valence-corrected chi connectivity index (χ0v) is 16.4. The zero-order valence-electron chi connectivity index (χ0n) is 16.4. The van der Waals surface area contributed by atoms with Gasteiger partial charge in [-0.2, -0.15) is 0 Å². The summed E-state index contributed by atoms with van der Waals surface area (Å²) in [5.74, 6) is 2.18. The fourth-order valence-corrected chi connectivity index (χ4v) is 6.15. The molecule has 2 aliphatic rings. The lowest BCUT2D eigenvalue weighted by Gasteiger charge is -2.45. The molecule has 2 aliphatic carbocycles. The van der Waals surface area contributed by atoms with Gasteiger partial charge in [-0.15, -0.1) is 0 Å². The van der Waals surface area contributed by atoms with Crippen LogP contribution in [0.1, 0.15) is 129 Å². The predicted octanol–water partition coefficient (Wildman–Crippen LogP) is 8.29. The van der Waals surface area contributed by atoms with Gasteiger partial charge in [0.15, 0.2) is 0 Å². The average Bonchev–Trinajstić information content (AvgIpc) is 3.26. The van der Waals surface area contributed by atoms with Crippen molar-refractivity contribution in [1.82, 2.24) is 0 Å². The summed E-state index contributed by atoms with van der Waals surface area (Å²) in [6, 6.07) is 0. The lowest BCUT2D eigenvalue weighted by atomic mass is 9.60. The first-order valence-electron chi connectivity index (χ1n) is 11.3. The quantitative estimate of drug-likeness (QED) is 0.317. The normalized spacial score (nSPS) is 20.6. The summed E-state index contributed by atoms with van der Waals surface area (Å²) in [4.78, 5) is 0. The highest BCUT2D eigenvalue weighted by atomic mass is 14.5. The Labute approximate surface area is 147 Å². The smallest absolute Gasteiger partial charge is 0.0241 e. The molecule has 2 fully saturated rings. The molecule has 2 saturated carbocycles.